The van der Waals surface area contributed by atoms with Crippen molar-refractivity contribution in [3.63, 3.8) is 0 Å². The molecule has 2 bridgehead atoms. The number of nitrogens with one attached hydrogen (secondary N) is 1. The fraction of sp³-hybridized carbons (Fsp3) is 0.500. The van der Waals surface area contributed by atoms with E-state index in [1.165, 1.54) is 25.9 Å². The topological polar surface area (TPSA) is 49.6 Å². The van der Waals surface area contributed by atoms with Gasteiger partial charge in [0.05, 0.1) is 17.3 Å². The Morgan fingerprint density at radius 3 is 2.86 bits per heavy atom. The van der Waals surface area contributed by atoms with Crippen LogP contribution in [0, 0.1) is 12.8 Å². The summed E-state index contributed by atoms with van der Waals surface area (Å²) < 4.78 is 1.82. The Labute approximate surface area is 123 Å². The van der Waals surface area contributed by atoms with Crippen molar-refractivity contribution in [3.05, 3.63) is 35.7 Å². The molecule has 1 amide bonds. The molecular formula is C16H20N4O. The third-order valence-corrected chi connectivity index (χ3v) is 4.95. The molecule has 0 unspecified atom stereocenters. The van der Waals surface area contributed by atoms with Gasteiger partial charge in [-0.15, -0.1) is 0 Å². The van der Waals surface area contributed by atoms with E-state index >= 15 is 0 Å². The zero-order chi connectivity index (χ0) is 14.4. The molecule has 5 nitrogen and oxygen atoms in total. The number of hydrogen-bond acceptors (Lipinski definition) is 3. The van der Waals surface area contributed by atoms with E-state index in [1.807, 2.05) is 29.6 Å². The van der Waals surface area contributed by atoms with Crippen LogP contribution >= 0.6 is 0 Å². The molecule has 3 aliphatic heterocycles. The molecule has 5 heteroatoms. The molecular weight excluding hydrogens is 264 g/mol. The zero-order valence-corrected chi connectivity index (χ0v) is 12.2. The fourth-order valence-corrected chi connectivity index (χ4v) is 3.70. The van der Waals surface area contributed by atoms with Crippen LogP contribution in [0.25, 0.3) is 5.52 Å². The number of nitrogens with zero attached hydrogens (tertiary/aromatic N) is 3. The molecule has 1 N–H and O–H groups in total. The highest BCUT2D eigenvalue weighted by Gasteiger charge is 2.35. The van der Waals surface area contributed by atoms with Gasteiger partial charge in [0, 0.05) is 18.3 Å². The van der Waals surface area contributed by atoms with Crippen LogP contribution in [0.2, 0.25) is 0 Å². The van der Waals surface area contributed by atoms with Crippen LogP contribution in [0.5, 0.6) is 0 Å². The van der Waals surface area contributed by atoms with Crippen molar-refractivity contribution < 1.29 is 4.79 Å². The first-order valence-electron chi connectivity index (χ1n) is 7.69. The minimum absolute atomic E-state index is 0.00866. The number of aromatic nitrogens is 2. The van der Waals surface area contributed by atoms with E-state index in [2.05, 4.69) is 15.3 Å². The number of amides is 1. The summed E-state index contributed by atoms with van der Waals surface area (Å²) in [5.41, 5.74) is 2.60. The van der Waals surface area contributed by atoms with Crippen LogP contribution in [0.15, 0.2) is 24.4 Å². The van der Waals surface area contributed by atoms with Crippen LogP contribution < -0.4 is 5.32 Å². The average molecular weight is 284 g/mol. The van der Waals surface area contributed by atoms with Gasteiger partial charge in [-0.05, 0) is 50.9 Å². The van der Waals surface area contributed by atoms with Crippen molar-refractivity contribution >= 4 is 11.4 Å². The number of fused-ring (bicyclic) bond motifs is 4. The van der Waals surface area contributed by atoms with E-state index in [0.29, 0.717) is 17.5 Å². The normalized spacial score (nSPS) is 28.0. The maximum absolute atomic E-state index is 12.6. The van der Waals surface area contributed by atoms with Gasteiger partial charge in [0.15, 0.2) is 0 Å². The smallest absolute Gasteiger partial charge is 0.255 e. The van der Waals surface area contributed by atoms with Crippen molar-refractivity contribution in [1.82, 2.24) is 19.8 Å². The molecule has 0 aliphatic carbocycles. The Morgan fingerprint density at radius 2 is 2.14 bits per heavy atom. The molecule has 3 fully saturated rings. The van der Waals surface area contributed by atoms with Crippen molar-refractivity contribution in [2.24, 2.45) is 5.92 Å². The van der Waals surface area contributed by atoms with Gasteiger partial charge in [0.25, 0.3) is 5.91 Å². The second kappa shape index (κ2) is 4.84. The molecule has 1 atom stereocenters. The van der Waals surface area contributed by atoms with E-state index in [9.17, 15) is 4.79 Å². The summed E-state index contributed by atoms with van der Waals surface area (Å²) in [4.78, 5) is 15.0. The van der Waals surface area contributed by atoms with Gasteiger partial charge in [0.1, 0.15) is 0 Å². The standard InChI is InChI=1S/C16H20N4O/c1-11-3-2-4-15-13(9-17-20(11)15)16(21)18-14-10-19-7-5-12(14)6-8-19/h2-4,9,12,14H,5-8,10H2,1H3,(H,18,21)/t14-/m0/s1. The SMILES string of the molecule is Cc1cccc2c(C(=O)N[C@H]3CN4CCC3CC4)cnn12. The number of aryl methyl sites for hydroxylation is 1. The molecule has 2 aromatic heterocycles. The number of pyridine rings is 1. The predicted molar refractivity (Wildman–Crippen MR) is 80.3 cm³/mol. The van der Waals surface area contributed by atoms with Gasteiger partial charge in [-0.3, -0.25) is 4.79 Å². The monoisotopic (exact) mass is 284 g/mol. The van der Waals surface area contributed by atoms with Crippen molar-refractivity contribution in [2.75, 3.05) is 19.6 Å². The number of carbonyl (C=O) groups excluding carboxylic acids is 1. The summed E-state index contributed by atoms with van der Waals surface area (Å²) in [5, 5.41) is 7.56. The molecule has 2 aromatic rings. The van der Waals surface area contributed by atoms with E-state index in [0.717, 1.165) is 17.8 Å². The first kappa shape index (κ1) is 12.8. The van der Waals surface area contributed by atoms with Crippen LogP contribution in [-0.4, -0.2) is 46.1 Å². The van der Waals surface area contributed by atoms with Crippen molar-refractivity contribution in [2.45, 2.75) is 25.8 Å². The Morgan fingerprint density at radius 1 is 1.33 bits per heavy atom. The van der Waals surface area contributed by atoms with E-state index in [-0.39, 0.29) is 5.91 Å². The summed E-state index contributed by atoms with van der Waals surface area (Å²) in [7, 11) is 0. The Balaban J connectivity index is 1.58. The second-order valence-electron chi connectivity index (χ2n) is 6.24. The summed E-state index contributed by atoms with van der Waals surface area (Å²) in [6.07, 6.45) is 4.09. The maximum atomic E-state index is 12.6. The summed E-state index contributed by atoms with van der Waals surface area (Å²) in [6, 6.07) is 6.21. The maximum Gasteiger partial charge on any atom is 0.255 e. The summed E-state index contributed by atoms with van der Waals surface area (Å²) in [6.45, 7) is 5.36. The number of piperidine rings is 3. The van der Waals surface area contributed by atoms with Gasteiger partial charge in [-0.2, -0.15) is 5.10 Å². The highest BCUT2D eigenvalue weighted by Crippen LogP contribution is 2.27. The highest BCUT2D eigenvalue weighted by atomic mass is 16.1. The average Bonchev–Trinajstić information content (AvgIpc) is 2.94. The summed E-state index contributed by atoms with van der Waals surface area (Å²) >= 11 is 0. The number of carbonyl (C=O) groups is 1. The molecule has 5 rings (SSSR count). The lowest BCUT2D eigenvalue weighted by molar-refractivity contribution is 0.0621. The van der Waals surface area contributed by atoms with Crippen LogP contribution in [0.3, 0.4) is 0 Å². The highest BCUT2D eigenvalue weighted by molar-refractivity contribution is 6.00. The van der Waals surface area contributed by atoms with Gasteiger partial charge in [0.2, 0.25) is 0 Å². The molecule has 0 aromatic carbocycles. The first-order valence-corrected chi connectivity index (χ1v) is 7.69. The molecule has 0 radical (unpaired) electrons. The van der Waals surface area contributed by atoms with Gasteiger partial charge >= 0.3 is 0 Å². The number of rotatable bonds is 2. The van der Waals surface area contributed by atoms with Crippen LogP contribution in [0.1, 0.15) is 28.9 Å². The molecule has 0 saturated carbocycles. The molecule has 5 heterocycles. The lowest BCUT2D eigenvalue weighted by Gasteiger charge is -2.44. The molecule has 110 valence electrons. The Hall–Kier alpha value is -1.88. The minimum atomic E-state index is 0.00866. The minimum Gasteiger partial charge on any atom is -0.348 e. The largest absolute Gasteiger partial charge is 0.348 e. The molecule has 21 heavy (non-hydrogen) atoms. The molecule has 0 spiro atoms. The first-order chi connectivity index (χ1) is 10.2. The Bertz CT molecular complexity index is 685. The third-order valence-electron chi connectivity index (χ3n) is 4.95. The molecule has 3 saturated heterocycles. The van der Waals surface area contributed by atoms with Crippen molar-refractivity contribution in [3.8, 4) is 0 Å². The number of hydrogen-bond donors (Lipinski definition) is 1. The quantitative estimate of drug-likeness (QED) is 0.908. The van der Waals surface area contributed by atoms with Crippen LogP contribution in [0.4, 0.5) is 0 Å². The zero-order valence-electron chi connectivity index (χ0n) is 12.2. The lowest BCUT2D eigenvalue weighted by Crippen LogP contribution is -2.57. The Kier molecular flexibility index (Phi) is 2.96. The summed E-state index contributed by atoms with van der Waals surface area (Å²) in [5.74, 6) is 0.650. The van der Waals surface area contributed by atoms with Gasteiger partial charge in [-0.25, -0.2) is 4.52 Å². The van der Waals surface area contributed by atoms with Crippen molar-refractivity contribution in [1.29, 1.82) is 0 Å². The lowest BCUT2D eigenvalue weighted by atomic mass is 9.84. The fourth-order valence-electron chi connectivity index (χ4n) is 3.70. The van der Waals surface area contributed by atoms with E-state index in [1.54, 1.807) is 6.20 Å². The van der Waals surface area contributed by atoms with Gasteiger partial charge in [-0.1, -0.05) is 6.07 Å². The van der Waals surface area contributed by atoms with Crippen LogP contribution in [-0.2, 0) is 0 Å². The van der Waals surface area contributed by atoms with E-state index < -0.39 is 0 Å². The molecule has 3 aliphatic rings. The predicted octanol–water partition coefficient (Wildman–Crippen LogP) is 1.47. The second-order valence-corrected chi connectivity index (χ2v) is 6.24. The third kappa shape index (κ3) is 2.12. The van der Waals surface area contributed by atoms with E-state index in [4.69, 9.17) is 0 Å². The van der Waals surface area contributed by atoms with Gasteiger partial charge < -0.3 is 10.2 Å².